The molecule has 2 fully saturated rings. The fourth-order valence-corrected chi connectivity index (χ4v) is 3.82. The van der Waals surface area contributed by atoms with Gasteiger partial charge in [0.2, 0.25) is 0 Å². The molecule has 2 saturated heterocycles. The van der Waals surface area contributed by atoms with Gasteiger partial charge in [-0.3, -0.25) is 0 Å². The fourth-order valence-electron chi connectivity index (χ4n) is 3.82. The normalized spacial score (nSPS) is 27.9. The summed E-state index contributed by atoms with van der Waals surface area (Å²) in [5, 5.41) is 10.0. The standard InChI is InChI=1S/C17H28N4O2/c1-11(2)16-9-15(23-20-16)10-18-17(22)19-12-7-13-5-4-6-14(8-12)21(13)3/h9,11-14H,4-8,10H2,1-3H3,(H2,18,19,22). The first-order valence-electron chi connectivity index (χ1n) is 8.74. The second kappa shape index (κ2) is 6.91. The summed E-state index contributed by atoms with van der Waals surface area (Å²) in [7, 11) is 2.22. The van der Waals surface area contributed by atoms with Crippen LogP contribution in [0.15, 0.2) is 10.6 Å². The van der Waals surface area contributed by atoms with Crippen molar-refractivity contribution >= 4 is 6.03 Å². The van der Waals surface area contributed by atoms with Gasteiger partial charge in [-0.1, -0.05) is 25.4 Å². The lowest BCUT2D eigenvalue weighted by Gasteiger charge is -2.47. The van der Waals surface area contributed by atoms with E-state index in [4.69, 9.17) is 4.52 Å². The van der Waals surface area contributed by atoms with Gasteiger partial charge < -0.3 is 20.1 Å². The predicted octanol–water partition coefficient (Wildman–Crippen LogP) is 2.61. The van der Waals surface area contributed by atoms with Crippen molar-refractivity contribution in [2.75, 3.05) is 7.05 Å². The van der Waals surface area contributed by atoms with Gasteiger partial charge in [-0.25, -0.2) is 4.79 Å². The van der Waals surface area contributed by atoms with E-state index < -0.39 is 0 Å². The van der Waals surface area contributed by atoms with E-state index in [2.05, 4.69) is 41.6 Å². The summed E-state index contributed by atoms with van der Waals surface area (Å²) >= 11 is 0. The number of nitrogens with zero attached hydrogens (tertiary/aromatic N) is 2. The van der Waals surface area contributed by atoms with Gasteiger partial charge in [-0.2, -0.15) is 0 Å². The largest absolute Gasteiger partial charge is 0.359 e. The number of hydrogen-bond donors (Lipinski definition) is 2. The van der Waals surface area contributed by atoms with E-state index in [9.17, 15) is 4.79 Å². The van der Waals surface area contributed by atoms with Crippen molar-refractivity contribution in [2.45, 2.75) is 76.5 Å². The molecule has 6 heteroatoms. The number of fused-ring (bicyclic) bond motifs is 2. The van der Waals surface area contributed by atoms with Gasteiger partial charge >= 0.3 is 6.03 Å². The van der Waals surface area contributed by atoms with Crippen molar-refractivity contribution in [3.05, 3.63) is 17.5 Å². The van der Waals surface area contributed by atoms with Crippen LogP contribution < -0.4 is 10.6 Å². The molecule has 23 heavy (non-hydrogen) atoms. The molecule has 128 valence electrons. The van der Waals surface area contributed by atoms with Crippen LogP contribution in [0.2, 0.25) is 0 Å². The Bertz CT molecular complexity index is 528. The molecule has 0 spiro atoms. The smallest absolute Gasteiger partial charge is 0.315 e. The molecule has 0 radical (unpaired) electrons. The van der Waals surface area contributed by atoms with E-state index in [1.54, 1.807) is 0 Å². The van der Waals surface area contributed by atoms with Crippen LogP contribution in [0.3, 0.4) is 0 Å². The zero-order chi connectivity index (χ0) is 16.4. The monoisotopic (exact) mass is 320 g/mol. The summed E-state index contributed by atoms with van der Waals surface area (Å²) in [6, 6.07) is 3.32. The van der Waals surface area contributed by atoms with E-state index >= 15 is 0 Å². The molecule has 1 aromatic rings. The number of nitrogens with one attached hydrogen (secondary N) is 2. The topological polar surface area (TPSA) is 70.4 Å². The Morgan fingerprint density at radius 3 is 2.70 bits per heavy atom. The molecule has 2 unspecified atom stereocenters. The van der Waals surface area contributed by atoms with Crippen LogP contribution in [0, 0.1) is 0 Å². The molecule has 6 nitrogen and oxygen atoms in total. The molecule has 0 aromatic carbocycles. The average molecular weight is 320 g/mol. The number of urea groups is 1. The Morgan fingerprint density at radius 1 is 1.39 bits per heavy atom. The van der Waals surface area contributed by atoms with Crippen LogP contribution in [-0.2, 0) is 6.54 Å². The molecular formula is C17H28N4O2. The SMILES string of the molecule is CC(C)c1cc(CNC(=O)NC2CC3CCCC(C2)N3C)on1. The molecule has 1 aromatic heterocycles. The summed E-state index contributed by atoms with van der Waals surface area (Å²) < 4.78 is 5.24. The molecule has 2 aliphatic heterocycles. The van der Waals surface area contributed by atoms with E-state index in [-0.39, 0.29) is 12.1 Å². The lowest BCUT2D eigenvalue weighted by molar-refractivity contribution is 0.0508. The zero-order valence-electron chi connectivity index (χ0n) is 14.3. The minimum absolute atomic E-state index is 0.111. The van der Waals surface area contributed by atoms with Gasteiger partial charge in [0.25, 0.3) is 0 Å². The second-order valence-electron chi connectivity index (χ2n) is 7.27. The van der Waals surface area contributed by atoms with Gasteiger partial charge in [-0.05, 0) is 38.6 Å². The predicted molar refractivity (Wildman–Crippen MR) is 88.2 cm³/mol. The first kappa shape index (κ1) is 16.3. The minimum Gasteiger partial charge on any atom is -0.359 e. The minimum atomic E-state index is -0.111. The summed E-state index contributed by atoms with van der Waals surface area (Å²) in [6.45, 7) is 4.52. The van der Waals surface area contributed by atoms with Crippen molar-refractivity contribution in [1.82, 2.24) is 20.7 Å². The van der Waals surface area contributed by atoms with Crippen molar-refractivity contribution in [1.29, 1.82) is 0 Å². The first-order chi connectivity index (χ1) is 11.0. The Hall–Kier alpha value is -1.56. The number of rotatable bonds is 4. The van der Waals surface area contributed by atoms with Gasteiger partial charge in [-0.15, -0.1) is 0 Å². The maximum absolute atomic E-state index is 12.1. The number of aromatic nitrogens is 1. The summed E-state index contributed by atoms with van der Waals surface area (Å²) in [6.07, 6.45) is 5.94. The van der Waals surface area contributed by atoms with Gasteiger partial charge in [0.15, 0.2) is 5.76 Å². The number of carbonyl (C=O) groups excluding carboxylic acids is 1. The van der Waals surface area contributed by atoms with E-state index in [0.717, 1.165) is 18.5 Å². The third kappa shape index (κ3) is 3.86. The van der Waals surface area contributed by atoms with Crippen LogP contribution in [0.25, 0.3) is 0 Å². The second-order valence-corrected chi connectivity index (χ2v) is 7.27. The quantitative estimate of drug-likeness (QED) is 0.894. The fraction of sp³-hybridized carbons (Fsp3) is 0.765. The molecular weight excluding hydrogens is 292 g/mol. The highest BCUT2D eigenvalue weighted by Gasteiger charge is 2.36. The summed E-state index contributed by atoms with van der Waals surface area (Å²) in [5.41, 5.74) is 0.922. The van der Waals surface area contributed by atoms with Crippen LogP contribution in [0.5, 0.6) is 0 Å². The molecule has 2 bridgehead atoms. The molecule has 3 rings (SSSR count). The number of hydrogen-bond acceptors (Lipinski definition) is 4. The Kier molecular flexibility index (Phi) is 4.90. The molecule has 2 atom stereocenters. The maximum atomic E-state index is 12.1. The summed E-state index contributed by atoms with van der Waals surface area (Å²) in [5.74, 6) is 1.03. The molecule has 2 aliphatic rings. The van der Waals surface area contributed by atoms with E-state index in [0.29, 0.717) is 30.3 Å². The van der Waals surface area contributed by atoms with Crippen LogP contribution >= 0.6 is 0 Å². The average Bonchev–Trinajstić information content (AvgIpc) is 2.95. The van der Waals surface area contributed by atoms with Gasteiger partial charge in [0, 0.05) is 24.2 Å². The Balaban J connectivity index is 1.46. The third-order valence-corrected chi connectivity index (χ3v) is 5.27. The molecule has 2 N–H and O–H groups in total. The van der Waals surface area contributed by atoms with Crippen molar-refractivity contribution < 1.29 is 9.32 Å². The Labute approximate surface area is 138 Å². The number of carbonyl (C=O) groups is 1. The third-order valence-electron chi connectivity index (χ3n) is 5.27. The molecule has 2 amide bonds. The lowest BCUT2D eigenvalue weighted by Crippen LogP contribution is -2.56. The van der Waals surface area contributed by atoms with Crippen molar-refractivity contribution in [3.63, 3.8) is 0 Å². The zero-order valence-corrected chi connectivity index (χ0v) is 14.3. The van der Waals surface area contributed by atoms with E-state index in [1.165, 1.54) is 19.3 Å². The van der Waals surface area contributed by atoms with Crippen molar-refractivity contribution in [2.24, 2.45) is 0 Å². The van der Waals surface area contributed by atoms with Crippen LogP contribution in [0.1, 0.15) is 63.3 Å². The van der Waals surface area contributed by atoms with E-state index in [1.807, 2.05) is 6.07 Å². The number of amides is 2. The van der Waals surface area contributed by atoms with Gasteiger partial charge in [0.1, 0.15) is 0 Å². The molecule has 0 aliphatic carbocycles. The highest BCUT2D eigenvalue weighted by molar-refractivity contribution is 5.74. The van der Waals surface area contributed by atoms with Crippen LogP contribution in [0.4, 0.5) is 4.79 Å². The van der Waals surface area contributed by atoms with Crippen LogP contribution in [-0.4, -0.2) is 41.3 Å². The first-order valence-corrected chi connectivity index (χ1v) is 8.74. The highest BCUT2D eigenvalue weighted by Crippen LogP contribution is 2.32. The highest BCUT2D eigenvalue weighted by atomic mass is 16.5. The lowest BCUT2D eigenvalue weighted by atomic mass is 9.82. The molecule has 3 heterocycles. The summed E-state index contributed by atoms with van der Waals surface area (Å²) in [4.78, 5) is 14.6. The number of piperidine rings is 2. The maximum Gasteiger partial charge on any atom is 0.315 e. The Morgan fingerprint density at radius 2 is 2.09 bits per heavy atom. The molecule has 0 saturated carbocycles. The van der Waals surface area contributed by atoms with Crippen molar-refractivity contribution in [3.8, 4) is 0 Å². The van der Waals surface area contributed by atoms with Gasteiger partial charge in [0.05, 0.1) is 12.2 Å².